The average molecular weight is 195 g/mol. The summed E-state index contributed by atoms with van der Waals surface area (Å²) in [7, 11) is 1.54. The van der Waals surface area contributed by atoms with Crippen LogP contribution < -0.4 is 5.32 Å². The van der Waals surface area contributed by atoms with Crippen LogP contribution in [0.5, 0.6) is 0 Å². The lowest BCUT2D eigenvalue weighted by Gasteiger charge is -2.11. The van der Waals surface area contributed by atoms with Crippen molar-refractivity contribution in [2.45, 2.75) is 19.8 Å². The average Bonchev–Trinajstić information content (AvgIpc) is 2.16. The van der Waals surface area contributed by atoms with Crippen LogP contribution in [0.1, 0.15) is 35.7 Å². The van der Waals surface area contributed by atoms with E-state index in [0.717, 1.165) is 5.56 Å². The second-order valence-corrected chi connectivity index (χ2v) is 3.47. The Labute approximate surface area is 83.1 Å². The minimum absolute atomic E-state index is 0.211. The van der Waals surface area contributed by atoms with Crippen LogP contribution >= 0.6 is 0 Å². The van der Waals surface area contributed by atoms with Crippen molar-refractivity contribution in [1.82, 2.24) is 5.32 Å². The molecule has 0 aliphatic rings. The number of halogens is 1. The molecule has 0 aromatic heterocycles. The Morgan fingerprint density at radius 2 is 2.07 bits per heavy atom. The number of amides is 1. The summed E-state index contributed by atoms with van der Waals surface area (Å²) >= 11 is 0. The van der Waals surface area contributed by atoms with Gasteiger partial charge in [0.2, 0.25) is 0 Å². The summed E-state index contributed by atoms with van der Waals surface area (Å²) in [5, 5.41) is 2.50. The van der Waals surface area contributed by atoms with Crippen molar-refractivity contribution in [2.24, 2.45) is 0 Å². The lowest BCUT2D eigenvalue weighted by atomic mass is 9.96. The van der Waals surface area contributed by atoms with E-state index in [2.05, 4.69) is 5.32 Å². The molecule has 1 N–H and O–H groups in total. The minimum Gasteiger partial charge on any atom is -0.355 e. The Kier molecular flexibility index (Phi) is 3.23. The first-order valence-corrected chi connectivity index (χ1v) is 4.57. The Bertz CT molecular complexity index is 347. The van der Waals surface area contributed by atoms with Gasteiger partial charge >= 0.3 is 0 Å². The summed E-state index contributed by atoms with van der Waals surface area (Å²) in [4.78, 5) is 11.4. The molecule has 2 nitrogen and oxygen atoms in total. The van der Waals surface area contributed by atoms with Crippen molar-refractivity contribution in [3.63, 3.8) is 0 Å². The fraction of sp³-hybridized carbons (Fsp3) is 0.364. The molecule has 0 bridgehead atoms. The van der Waals surface area contributed by atoms with Gasteiger partial charge in [-0.2, -0.15) is 0 Å². The normalized spacial score (nSPS) is 10.4. The van der Waals surface area contributed by atoms with E-state index in [1.807, 2.05) is 13.8 Å². The van der Waals surface area contributed by atoms with Crippen LogP contribution in [0.15, 0.2) is 18.2 Å². The summed E-state index contributed by atoms with van der Waals surface area (Å²) in [6, 6.07) is 4.31. The minimum atomic E-state index is -0.381. The molecular weight excluding hydrogens is 181 g/mol. The molecule has 3 heteroatoms. The van der Waals surface area contributed by atoms with Crippen LogP contribution in [0.2, 0.25) is 0 Å². The molecule has 0 spiro atoms. The third-order valence-electron chi connectivity index (χ3n) is 2.11. The summed E-state index contributed by atoms with van der Waals surface area (Å²) in [6.07, 6.45) is 0. The molecule has 76 valence electrons. The smallest absolute Gasteiger partial charge is 0.251 e. The Hall–Kier alpha value is -1.38. The van der Waals surface area contributed by atoms with Gasteiger partial charge in [0, 0.05) is 12.6 Å². The molecule has 0 saturated carbocycles. The van der Waals surface area contributed by atoms with Crippen LogP contribution in [0.3, 0.4) is 0 Å². The highest BCUT2D eigenvalue weighted by atomic mass is 19.1. The summed E-state index contributed by atoms with van der Waals surface area (Å²) in [5.74, 6) is -0.413. The van der Waals surface area contributed by atoms with E-state index in [4.69, 9.17) is 0 Å². The zero-order valence-corrected chi connectivity index (χ0v) is 8.60. The maximum atomic E-state index is 12.9. The van der Waals surface area contributed by atoms with E-state index in [1.54, 1.807) is 6.07 Å². The molecule has 0 saturated heterocycles. The zero-order chi connectivity index (χ0) is 10.7. The van der Waals surface area contributed by atoms with E-state index >= 15 is 0 Å². The lowest BCUT2D eigenvalue weighted by Crippen LogP contribution is -2.20. The van der Waals surface area contributed by atoms with Crippen LogP contribution in [0.4, 0.5) is 4.39 Å². The fourth-order valence-corrected chi connectivity index (χ4v) is 1.36. The largest absolute Gasteiger partial charge is 0.355 e. The maximum Gasteiger partial charge on any atom is 0.251 e. The second kappa shape index (κ2) is 4.22. The molecule has 1 aromatic rings. The molecule has 1 rings (SSSR count). The Morgan fingerprint density at radius 3 is 2.57 bits per heavy atom. The molecule has 0 heterocycles. The molecule has 0 unspecified atom stereocenters. The first-order valence-electron chi connectivity index (χ1n) is 4.57. The third kappa shape index (κ3) is 2.10. The predicted octanol–water partition coefficient (Wildman–Crippen LogP) is 2.31. The van der Waals surface area contributed by atoms with Gasteiger partial charge in [0.05, 0.1) is 0 Å². The van der Waals surface area contributed by atoms with Crippen molar-refractivity contribution in [3.05, 3.63) is 35.1 Å². The van der Waals surface area contributed by atoms with Gasteiger partial charge in [0.1, 0.15) is 5.82 Å². The van der Waals surface area contributed by atoms with Gasteiger partial charge in [-0.15, -0.1) is 0 Å². The van der Waals surface area contributed by atoms with E-state index in [-0.39, 0.29) is 17.6 Å². The van der Waals surface area contributed by atoms with E-state index < -0.39 is 0 Å². The third-order valence-corrected chi connectivity index (χ3v) is 2.11. The van der Waals surface area contributed by atoms with Crippen LogP contribution in [-0.4, -0.2) is 13.0 Å². The number of nitrogens with one attached hydrogen (secondary N) is 1. The van der Waals surface area contributed by atoms with E-state index in [9.17, 15) is 9.18 Å². The van der Waals surface area contributed by atoms with Crippen LogP contribution in [0.25, 0.3) is 0 Å². The van der Waals surface area contributed by atoms with Crippen molar-refractivity contribution in [1.29, 1.82) is 0 Å². The molecule has 0 radical (unpaired) electrons. The molecule has 0 aliphatic carbocycles. The lowest BCUT2D eigenvalue weighted by molar-refractivity contribution is 0.0961. The number of carbonyl (C=O) groups is 1. The molecule has 14 heavy (non-hydrogen) atoms. The molecular formula is C11H14FNO. The highest BCUT2D eigenvalue weighted by molar-refractivity contribution is 5.95. The van der Waals surface area contributed by atoms with Crippen LogP contribution in [-0.2, 0) is 0 Å². The molecule has 0 atom stereocenters. The number of hydrogen-bond acceptors (Lipinski definition) is 1. The fourth-order valence-electron chi connectivity index (χ4n) is 1.36. The highest BCUT2D eigenvalue weighted by Gasteiger charge is 2.13. The predicted molar refractivity (Wildman–Crippen MR) is 53.9 cm³/mol. The summed E-state index contributed by atoms with van der Waals surface area (Å²) in [5.41, 5.74) is 1.29. The van der Waals surface area contributed by atoms with Gasteiger partial charge in [-0.1, -0.05) is 19.9 Å². The summed E-state index contributed by atoms with van der Waals surface area (Å²) < 4.78 is 12.9. The van der Waals surface area contributed by atoms with Crippen molar-refractivity contribution in [3.8, 4) is 0 Å². The zero-order valence-electron chi connectivity index (χ0n) is 8.60. The number of benzene rings is 1. The van der Waals surface area contributed by atoms with Gasteiger partial charge in [-0.3, -0.25) is 4.79 Å². The van der Waals surface area contributed by atoms with Crippen molar-refractivity contribution >= 4 is 5.91 Å². The molecule has 0 fully saturated rings. The van der Waals surface area contributed by atoms with Crippen molar-refractivity contribution in [2.75, 3.05) is 7.05 Å². The molecule has 0 aliphatic heterocycles. The van der Waals surface area contributed by atoms with E-state index in [1.165, 1.54) is 19.2 Å². The van der Waals surface area contributed by atoms with E-state index in [0.29, 0.717) is 5.56 Å². The Morgan fingerprint density at radius 1 is 1.43 bits per heavy atom. The second-order valence-electron chi connectivity index (χ2n) is 3.47. The molecule has 1 amide bonds. The first kappa shape index (κ1) is 10.7. The Balaban J connectivity index is 3.22. The maximum absolute atomic E-state index is 12.9. The topological polar surface area (TPSA) is 29.1 Å². The van der Waals surface area contributed by atoms with Gasteiger partial charge in [0.15, 0.2) is 0 Å². The van der Waals surface area contributed by atoms with Gasteiger partial charge in [0.25, 0.3) is 5.91 Å². The first-order chi connectivity index (χ1) is 6.56. The summed E-state index contributed by atoms with van der Waals surface area (Å²) in [6.45, 7) is 3.94. The highest BCUT2D eigenvalue weighted by Crippen LogP contribution is 2.20. The van der Waals surface area contributed by atoms with Crippen LogP contribution in [0, 0.1) is 5.82 Å². The van der Waals surface area contributed by atoms with Gasteiger partial charge < -0.3 is 5.32 Å². The van der Waals surface area contributed by atoms with Gasteiger partial charge in [-0.25, -0.2) is 4.39 Å². The quantitative estimate of drug-likeness (QED) is 0.770. The van der Waals surface area contributed by atoms with Crippen molar-refractivity contribution < 1.29 is 9.18 Å². The van der Waals surface area contributed by atoms with Gasteiger partial charge in [-0.05, 0) is 23.6 Å². The monoisotopic (exact) mass is 195 g/mol. The number of rotatable bonds is 2. The number of carbonyl (C=O) groups excluding carboxylic acids is 1. The SMILES string of the molecule is CNC(=O)c1cc(F)ccc1C(C)C. The standard InChI is InChI=1S/C11H14FNO/c1-7(2)9-5-4-8(12)6-10(9)11(14)13-3/h4-7H,1-3H3,(H,13,14). The molecule has 1 aromatic carbocycles. The number of hydrogen-bond donors (Lipinski definition) is 1.